The molecule has 0 atom stereocenters. The van der Waals surface area contributed by atoms with Crippen molar-refractivity contribution in [2.45, 2.75) is 0 Å². The number of carboxylic acid groups (broad SMARTS) is 1. The number of nitrogens with zero attached hydrogens (tertiary/aromatic N) is 2. The van der Waals surface area contributed by atoms with E-state index in [0.29, 0.717) is 5.88 Å². The predicted octanol–water partition coefficient (Wildman–Crippen LogP) is 0.967. The Bertz CT molecular complexity index is 638. The van der Waals surface area contributed by atoms with Crippen LogP contribution in [0, 0.1) is 0 Å². The Balaban J connectivity index is 2.10. The van der Waals surface area contributed by atoms with E-state index in [2.05, 4.69) is 15.3 Å². The molecule has 7 nitrogen and oxygen atoms in total. The van der Waals surface area contributed by atoms with Crippen molar-refractivity contribution in [1.29, 1.82) is 0 Å². The van der Waals surface area contributed by atoms with Gasteiger partial charge in [-0.1, -0.05) is 6.07 Å². The first-order valence-corrected chi connectivity index (χ1v) is 6.06. The van der Waals surface area contributed by atoms with Gasteiger partial charge in [0.25, 0.3) is 5.91 Å². The van der Waals surface area contributed by atoms with Crippen molar-refractivity contribution in [1.82, 2.24) is 15.3 Å². The number of hydrogen-bond acceptors (Lipinski definition) is 5. The average molecular weight is 287 g/mol. The number of aliphatic carboxylic acids is 1. The molecule has 2 aromatic rings. The van der Waals surface area contributed by atoms with Crippen molar-refractivity contribution < 1.29 is 19.4 Å². The minimum absolute atomic E-state index is 0.154. The van der Waals surface area contributed by atoms with Crippen LogP contribution in [-0.2, 0) is 4.79 Å². The normalized spacial score (nSPS) is 9.95. The van der Waals surface area contributed by atoms with Crippen LogP contribution in [0.4, 0.5) is 0 Å². The van der Waals surface area contributed by atoms with E-state index < -0.39 is 18.4 Å². The van der Waals surface area contributed by atoms with Gasteiger partial charge in [-0.2, -0.15) is 0 Å². The van der Waals surface area contributed by atoms with E-state index in [9.17, 15) is 9.59 Å². The van der Waals surface area contributed by atoms with Gasteiger partial charge in [0.2, 0.25) is 5.88 Å². The SMILES string of the molecule is COc1ccc(-c2ccc(C(=O)NCC(=O)O)nc2)cn1. The first kappa shape index (κ1) is 14.4. The van der Waals surface area contributed by atoms with Crippen molar-refractivity contribution in [2.75, 3.05) is 13.7 Å². The van der Waals surface area contributed by atoms with Gasteiger partial charge in [-0.25, -0.2) is 4.98 Å². The maximum absolute atomic E-state index is 11.6. The number of methoxy groups -OCH3 is 1. The Labute approximate surface area is 120 Å². The van der Waals surface area contributed by atoms with Crippen LogP contribution in [-0.4, -0.2) is 40.6 Å². The second kappa shape index (κ2) is 6.47. The molecule has 0 aromatic carbocycles. The maximum Gasteiger partial charge on any atom is 0.322 e. The lowest BCUT2D eigenvalue weighted by Gasteiger charge is -2.04. The van der Waals surface area contributed by atoms with Crippen molar-refractivity contribution in [3.8, 4) is 17.0 Å². The minimum atomic E-state index is -1.11. The third-order valence-electron chi connectivity index (χ3n) is 2.68. The monoisotopic (exact) mass is 287 g/mol. The zero-order valence-electron chi connectivity index (χ0n) is 11.2. The van der Waals surface area contributed by atoms with E-state index in [1.807, 2.05) is 6.07 Å². The molecule has 21 heavy (non-hydrogen) atoms. The Morgan fingerprint density at radius 1 is 1.14 bits per heavy atom. The number of carbonyl (C=O) groups excluding carboxylic acids is 1. The third-order valence-corrected chi connectivity index (χ3v) is 2.68. The molecule has 0 unspecified atom stereocenters. The van der Waals surface area contributed by atoms with Gasteiger partial charge in [0.05, 0.1) is 7.11 Å². The fourth-order valence-corrected chi connectivity index (χ4v) is 1.62. The number of nitrogens with one attached hydrogen (secondary N) is 1. The highest BCUT2D eigenvalue weighted by Gasteiger charge is 2.09. The number of hydrogen-bond donors (Lipinski definition) is 2. The summed E-state index contributed by atoms with van der Waals surface area (Å²) in [4.78, 5) is 30.1. The lowest BCUT2D eigenvalue weighted by atomic mass is 10.1. The molecule has 108 valence electrons. The van der Waals surface area contributed by atoms with Crippen LogP contribution in [0.15, 0.2) is 36.7 Å². The molecule has 0 aliphatic rings. The fourth-order valence-electron chi connectivity index (χ4n) is 1.62. The van der Waals surface area contributed by atoms with E-state index in [0.717, 1.165) is 11.1 Å². The van der Waals surface area contributed by atoms with E-state index >= 15 is 0 Å². The summed E-state index contributed by atoms with van der Waals surface area (Å²) in [6, 6.07) is 6.79. The summed E-state index contributed by atoms with van der Waals surface area (Å²) < 4.78 is 4.97. The number of rotatable bonds is 5. The largest absolute Gasteiger partial charge is 0.481 e. The topological polar surface area (TPSA) is 101 Å². The van der Waals surface area contributed by atoms with Gasteiger partial charge in [-0.3, -0.25) is 14.6 Å². The maximum atomic E-state index is 11.6. The van der Waals surface area contributed by atoms with Crippen LogP contribution in [0.3, 0.4) is 0 Å². The molecule has 0 aliphatic carbocycles. The molecule has 0 radical (unpaired) electrons. The van der Waals surface area contributed by atoms with Gasteiger partial charge in [0, 0.05) is 29.6 Å². The van der Waals surface area contributed by atoms with E-state index in [4.69, 9.17) is 9.84 Å². The van der Waals surface area contributed by atoms with E-state index in [1.54, 1.807) is 18.3 Å². The van der Waals surface area contributed by atoms with Gasteiger partial charge in [-0.15, -0.1) is 0 Å². The molecule has 1 amide bonds. The zero-order valence-corrected chi connectivity index (χ0v) is 11.2. The highest BCUT2D eigenvalue weighted by molar-refractivity contribution is 5.94. The molecule has 2 heterocycles. The predicted molar refractivity (Wildman–Crippen MR) is 74.0 cm³/mol. The molecule has 2 aromatic heterocycles. The molecule has 2 N–H and O–H groups in total. The van der Waals surface area contributed by atoms with Crippen LogP contribution >= 0.6 is 0 Å². The third kappa shape index (κ3) is 3.75. The second-order valence-electron chi connectivity index (χ2n) is 4.10. The Hall–Kier alpha value is -2.96. The number of pyridine rings is 2. The highest BCUT2D eigenvalue weighted by Crippen LogP contribution is 2.19. The lowest BCUT2D eigenvalue weighted by molar-refractivity contribution is -0.135. The van der Waals surface area contributed by atoms with Crippen molar-refractivity contribution in [2.24, 2.45) is 0 Å². The number of aromatic nitrogens is 2. The van der Waals surface area contributed by atoms with Gasteiger partial charge in [-0.05, 0) is 12.1 Å². The highest BCUT2D eigenvalue weighted by atomic mass is 16.5. The molecule has 0 saturated carbocycles. The first-order chi connectivity index (χ1) is 10.1. The molecule has 0 spiro atoms. The first-order valence-electron chi connectivity index (χ1n) is 6.06. The van der Waals surface area contributed by atoms with Crippen LogP contribution in [0.5, 0.6) is 5.88 Å². The summed E-state index contributed by atoms with van der Waals surface area (Å²) in [6.07, 6.45) is 3.17. The fraction of sp³-hybridized carbons (Fsp3) is 0.143. The average Bonchev–Trinajstić information content (AvgIpc) is 2.53. The van der Waals surface area contributed by atoms with Gasteiger partial charge < -0.3 is 15.2 Å². The lowest BCUT2D eigenvalue weighted by Crippen LogP contribution is -2.29. The van der Waals surface area contributed by atoms with Gasteiger partial charge in [0.15, 0.2) is 0 Å². The molecule has 0 bridgehead atoms. The van der Waals surface area contributed by atoms with Crippen LogP contribution in [0.1, 0.15) is 10.5 Å². The summed E-state index contributed by atoms with van der Waals surface area (Å²) in [5.41, 5.74) is 1.78. The van der Waals surface area contributed by atoms with Crippen molar-refractivity contribution in [3.05, 3.63) is 42.4 Å². The summed E-state index contributed by atoms with van der Waals surface area (Å²) in [5, 5.41) is 10.7. The number of carboxylic acids is 1. The van der Waals surface area contributed by atoms with Crippen LogP contribution in [0.25, 0.3) is 11.1 Å². The summed E-state index contributed by atoms with van der Waals surface area (Å²) in [6.45, 7) is -0.440. The Kier molecular flexibility index (Phi) is 4.45. The second-order valence-corrected chi connectivity index (χ2v) is 4.10. The molecule has 2 rings (SSSR count). The molecule has 0 aliphatic heterocycles. The van der Waals surface area contributed by atoms with Crippen molar-refractivity contribution >= 4 is 11.9 Å². The van der Waals surface area contributed by atoms with E-state index in [1.165, 1.54) is 19.4 Å². The van der Waals surface area contributed by atoms with Crippen molar-refractivity contribution in [3.63, 3.8) is 0 Å². The molecule has 0 fully saturated rings. The molecule has 0 saturated heterocycles. The molecular formula is C14H13N3O4. The summed E-state index contributed by atoms with van der Waals surface area (Å²) >= 11 is 0. The number of carbonyl (C=O) groups is 2. The Morgan fingerprint density at radius 3 is 2.29 bits per heavy atom. The number of ether oxygens (including phenoxy) is 1. The minimum Gasteiger partial charge on any atom is -0.481 e. The molecule has 7 heteroatoms. The van der Waals surface area contributed by atoms with Crippen LogP contribution < -0.4 is 10.1 Å². The van der Waals surface area contributed by atoms with Gasteiger partial charge in [0.1, 0.15) is 12.2 Å². The number of amides is 1. The van der Waals surface area contributed by atoms with Crippen LogP contribution in [0.2, 0.25) is 0 Å². The Morgan fingerprint density at radius 2 is 1.81 bits per heavy atom. The standard InChI is InChI=1S/C14H13N3O4/c1-21-12-5-3-10(7-16-12)9-2-4-11(15-6-9)14(20)17-8-13(18)19/h2-7H,8H2,1H3,(H,17,20)(H,18,19). The zero-order chi connectivity index (χ0) is 15.2. The summed E-state index contributed by atoms with van der Waals surface area (Å²) in [7, 11) is 1.54. The molecular weight excluding hydrogens is 274 g/mol. The quantitative estimate of drug-likeness (QED) is 0.849. The smallest absolute Gasteiger partial charge is 0.322 e. The van der Waals surface area contributed by atoms with E-state index in [-0.39, 0.29) is 5.69 Å². The van der Waals surface area contributed by atoms with Gasteiger partial charge >= 0.3 is 5.97 Å². The summed E-state index contributed by atoms with van der Waals surface area (Å²) in [5.74, 6) is -1.13.